The molecule has 0 saturated heterocycles. The molecule has 1 N–H and O–H groups in total. The first-order valence-electron chi connectivity index (χ1n) is 5.76. The summed E-state index contributed by atoms with van der Waals surface area (Å²) in [5, 5.41) is 24.6. The molecule has 0 aliphatic carbocycles. The van der Waals surface area contributed by atoms with Crippen molar-refractivity contribution in [2.24, 2.45) is 0 Å². The van der Waals surface area contributed by atoms with Gasteiger partial charge < -0.3 is 14.4 Å². The van der Waals surface area contributed by atoms with Crippen molar-refractivity contribution in [3.05, 3.63) is 22.1 Å². The standard InChI is InChI=1S/C11H11N3O7S/c1-5-12-11(13-21-5)6-4-7(20-2)9(15)8(14(16)17)10(6)22(3,18)19/h4,15H,1-3H3. The van der Waals surface area contributed by atoms with Crippen LogP contribution in [0.1, 0.15) is 5.89 Å². The number of phenols is 1. The number of aromatic hydroxyl groups is 1. The zero-order valence-electron chi connectivity index (χ0n) is 11.7. The fourth-order valence-corrected chi connectivity index (χ4v) is 2.96. The Hall–Kier alpha value is -2.69. The van der Waals surface area contributed by atoms with Gasteiger partial charge in [-0.05, 0) is 6.07 Å². The lowest BCUT2D eigenvalue weighted by atomic mass is 10.1. The number of aryl methyl sites for hydroxylation is 1. The van der Waals surface area contributed by atoms with Crippen molar-refractivity contribution in [2.45, 2.75) is 11.8 Å². The topological polar surface area (TPSA) is 146 Å². The quantitative estimate of drug-likeness (QED) is 0.642. The molecule has 2 aromatic rings. The summed E-state index contributed by atoms with van der Waals surface area (Å²) in [4.78, 5) is 13.3. The van der Waals surface area contributed by atoms with Gasteiger partial charge in [-0.3, -0.25) is 10.1 Å². The Kier molecular flexibility index (Phi) is 3.75. The van der Waals surface area contributed by atoms with Gasteiger partial charge in [0.05, 0.1) is 17.6 Å². The van der Waals surface area contributed by atoms with Crippen molar-refractivity contribution in [1.29, 1.82) is 0 Å². The molecule has 1 aromatic carbocycles. The lowest BCUT2D eigenvalue weighted by Crippen LogP contribution is -2.07. The van der Waals surface area contributed by atoms with Crippen LogP contribution in [0.25, 0.3) is 11.4 Å². The van der Waals surface area contributed by atoms with Gasteiger partial charge in [-0.2, -0.15) is 4.98 Å². The van der Waals surface area contributed by atoms with Crippen LogP contribution in [0.2, 0.25) is 0 Å². The summed E-state index contributed by atoms with van der Waals surface area (Å²) in [7, 11) is -2.90. The number of phenolic OH excluding ortho intramolecular Hbond substituents is 1. The summed E-state index contributed by atoms with van der Waals surface area (Å²) in [5.41, 5.74) is -1.19. The van der Waals surface area contributed by atoms with Crippen LogP contribution >= 0.6 is 0 Å². The van der Waals surface area contributed by atoms with Crippen molar-refractivity contribution in [3.63, 3.8) is 0 Å². The molecule has 11 heteroatoms. The number of hydrogen-bond donors (Lipinski definition) is 1. The Morgan fingerprint density at radius 1 is 1.45 bits per heavy atom. The first kappa shape index (κ1) is 15.7. The van der Waals surface area contributed by atoms with Gasteiger partial charge >= 0.3 is 5.69 Å². The van der Waals surface area contributed by atoms with E-state index in [1.54, 1.807) is 0 Å². The van der Waals surface area contributed by atoms with Gasteiger partial charge in [-0.15, -0.1) is 0 Å². The molecule has 0 spiro atoms. The van der Waals surface area contributed by atoms with Crippen LogP contribution in [0.3, 0.4) is 0 Å². The zero-order chi connectivity index (χ0) is 16.7. The Labute approximate surface area is 124 Å². The predicted molar refractivity (Wildman–Crippen MR) is 72.5 cm³/mol. The number of hydrogen-bond acceptors (Lipinski definition) is 9. The van der Waals surface area contributed by atoms with Crippen molar-refractivity contribution in [2.75, 3.05) is 13.4 Å². The lowest BCUT2D eigenvalue weighted by Gasteiger charge is -2.10. The van der Waals surface area contributed by atoms with Gasteiger partial charge in [-0.25, -0.2) is 8.42 Å². The minimum Gasteiger partial charge on any atom is -0.499 e. The van der Waals surface area contributed by atoms with Crippen LogP contribution in [0.5, 0.6) is 11.5 Å². The van der Waals surface area contributed by atoms with Crippen molar-refractivity contribution in [3.8, 4) is 22.9 Å². The van der Waals surface area contributed by atoms with Gasteiger partial charge in [0, 0.05) is 13.2 Å². The van der Waals surface area contributed by atoms with Crippen LogP contribution in [0, 0.1) is 17.0 Å². The van der Waals surface area contributed by atoms with E-state index < -0.39 is 31.1 Å². The van der Waals surface area contributed by atoms with Crippen molar-refractivity contribution in [1.82, 2.24) is 10.1 Å². The number of nitro benzene ring substituents is 1. The molecule has 1 heterocycles. The first-order valence-corrected chi connectivity index (χ1v) is 7.65. The number of ether oxygens (including phenoxy) is 1. The van der Waals surface area contributed by atoms with Gasteiger partial charge in [0.2, 0.25) is 17.5 Å². The molecule has 2 rings (SSSR count). The Morgan fingerprint density at radius 3 is 2.50 bits per heavy atom. The molecule has 0 aliphatic rings. The number of benzene rings is 1. The van der Waals surface area contributed by atoms with Crippen LogP contribution in [0.4, 0.5) is 5.69 Å². The van der Waals surface area contributed by atoms with Crippen LogP contribution in [-0.4, -0.2) is 42.0 Å². The average molecular weight is 329 g/mol. The highest BCUT2D eigenvalue weighted by molar-refractivity contribution is 7.91. The van der Waals surface area contributed by atoms with Gasteiger partial charge in [0.15, 0.2) is 20.5 Å². The minimum atomic E-state index is -4.07. The van der Waals surface area contributed by atoms with Crippen LogP contribution in [0.15, 0.2) is 15.5 Å². The monoisotopic (exact) mass is 329 g/mol. The number of methoxy groups -OCH3 is 1. The first-order chi connectivity index (χ1) is 10.2. The second-order valence-electron chi connectivity index (χ2n) is 4.32. The van der Waals surface area contributed by atoms with Gasteiger partial charge in [-0.1, -0.05) is 5.16 Å². The van der Waals surface area contributed by atoms with E-state index in [1.165, 1.54) is 14.0 Å². The van der Waals surface area contributed by atoms with E-state index in [2.05, 4.69) is 10.1 Å². The maximum atomic E-state index is 12.0. The molecule has 0 saturated carbocycles. The Morgan fingerprint density at radius 2 is 2.09 bits per heavy atom. The molecular weight excluding hydrogens is 318 g/mol. The normalized spacial score (nSPS) is 11.4. The maximum absolute atomic E-state index is 12.0. The molecule has 0 fully saturated rings. The molecule has 0 radical (unpaired) electrons. The number of nitro groups is 1. The molecule has 118 valence electrons. The average Bonchev–Trinajstić information content (AvgIpc) is 2.83. The van der Waals surface area contributed by atoms with E-state index in [0.717, 1.165) is 12.3 Å². The zero-order valence-corrected chi connectivity index (χ0v) is 12.5. The maximum Gasteiger partial charge on any atom is 0.333 e. The number of aromatic nitrogens is 2. The Balaban J connectivity index is 2.99. The number of nitrogens with zero attached hydrogens (tertiary/aromatic N) is 3. The fourth-order valence-electron chi connectivity index (χ4n) is 1.89. The second-order valence-corrected chi connectivity index (χ2v) is 6.27. The summed E-state index contributed by atoms with van der Waals surface area (Å²) < 4.78 is 33.5. The number of sulfone groups is 1. The summed E-state index contributed by atoms with van der Waals surface area (Å²) in [5.74, 6) is -1.20. The smallest absolute Gasteiger partial charge is 0.333 e. The molecule has 10 nitrogen and oxygen atoms in total. The summed E-state index contributed by atoms with van der Waals surface area (Å²) in [6, 6.07) is 1.10. The molecule has 0 amide bonds. The Bertz CT molecular complexity index is 857. The summed E-state index contributed by atoms with van der Waals surface area (Å²) in [6.07, 6.45) is 0.775. The lowest BCUT2D eigenvalue weighted by molar-refractivity contribution is -0.388. The summed E-state index contributed by atoms with van der Waals surface area (Å²) >= 11 is 0. The van der Waals surface area contributed by atoms with Crippen molar-refractivity contribution < 1.29 is 27.7 Å². The second kappa shape index (κ2) is 5.26. The molecule has 0 unspecified atom stereocenters. The molecule has 0 aliphatic heterocycles. The third-order valence-corrected chi connectivity index (χ3v) is 3.89. The molecule has 1 aromatic heterocycles. The number of rotatable bonds is 4. The van der Waals surface area contributed by atoms with E-state index in [4.69, 9.17) is 9.26 Å². The van der Waals surface area contributed by atoms with E-state index >= 15 is 0 Å². The highest BCUT2D eigenvalue weighted by atomic mass is 32.2. The minimum absolute atomic E-state index is 0.143. The van der Waals surface area contributed by atoms with Gasteiger partial charge in [0.25, 0.3) is 0 Å². The van der Waals surface area contributed by atoms with E-state index in [9.17, 15) is 23.6 Å². The summed E-state index contributed by atoms with van der Waals surface area (Å²) in [6.45, 7) is 1.47. The third kappa shape index (κ3) is 2.57. The van der Waals surface area contributed by atoms with Crippen LogP contribution in [-0.2, 0) is 9.84 Å². The fraction of sp³-hybridized carbons (Fsp3) is 0.273. The largest absolute Gasteiger partial charge is 0.499 e. The van der Waals surface area contributed by atoms with E-state index in [0.29, 0.717) is 0 Å². The molecule has 22 heavy (non-hydrogen) atoms. The molecule has 0 bridgehead atoms. The highest BCUT2D eigenvalue weighted by Gasteiger charge is 2.35. The highest BCUT2D eigenvalue weighted by Crippen LogP contribution is 2.45. The SMILES string of the molecule is COc1cc(-c2noc(C)n2)c(S(C)(=O)=O)c([N+](=O)[O-])c1O. The van der Waals surface area contributed by atoms with Gasteiger partial charge in [0.1, 0.15) is 0 Å². The molecule has 0 atom stereocenters. The van der Waals surface area contributed by atoms with Crippen LogP contribution < -0.4 is 4.74 Å². The molecular formula is C11H11N3O7S. The van der Waals surface area contributed by atoms with E-state index in [-0.39, 0.29) is 23.0 Å². The van der Waals surface area contributed by atoms with Crippen molar-refractivity contribution >= 4 is 15.5 Å². The third-order valence-electron chi connectivity index (χ3n) is 2.73. The van der Waals surface area contributed by atoms with E-state index in [1.807, 2.05) is 0 Å². The predicted octanol–water partition coefficient (Wildman–Crippen LogP) is 1.07.